The third kappa shape index (κ3) is 2.83. The number of amides is 1. The minimum Gasteiger partial charge on any atom is -0.317 e. The lowest BCUT2D eigenvalue weighted by molar-refractivity contribution is -0.123. The summed E-state index contributed by atoms with van der Waals surface area (Å²) >= 11 is 0. The van der Waals surface area contributed by atoms with Gasteiger partial charge < -0.3 is 5.32 Å². The second kappa shape index (κ2) is 5.88. The maximum Gasteiger partial charge on any atom is 0.247 e. The number of piperidine rings is 1. The van der Waals surface area contributed by atoms with Crippen molar-refractivity contribution >= 4 is 11.9 Å². The molecule has 1 aliphatic heterocycles. The molecular formula is C12H19N5O. The van der Waals surface area contributed by atoms with Crippen LogP contribution in [0.15, 0.2) is 12.4 Å². The molecule has 0 unspecified atom stereocenters. The van der Waals surface area contributed by atoms with Crippen LogP contribution in [0.3, 0.4) is 0 Å². The molecule has 0 saturated carbocycles. The highest BCUT2D eigenvalue weighted by molar-refractivity contribution is 5.92. The monoisotopic (exact) mass is 249 g/mol. The van der Waals surface area contributed by atoms with Crippen molar-refractivity contribution in [3.05, 3.63) is 18.0 Å². The highest BCUT2D eigenvalue weighted by Gasteiger charge is 2.26. The Bertz CT molecular complexity index is 399. The molecule has 1 aromatic rings. The molecule has 0 radical (unpaired) electrons. The van der Waals surface area contributed by atoms with Crippen LogP contribution in [0.1, 0.15) is 25.3 Å². The van der Waals surface area contributed by atoms with Crippen LogP contribution < -0.4 is 16.2 Å². The first-order valence-electron chi connectivity index (χ1n) is 6.32. The van der Waals surface area contributed by atoms with Gasteiger partial charge in [0.15, 0.2) is 0 Å². The van der Waals surface area contributed by atoms with Crippen molar-refractivity contribution in [2.24, 2.45) is 11.8 Å². The highest BCUT2D eigenvalue weighted by atomic mass is 16.2. The summed E-state index contributed by atoms with van der Waals surface area (Å²) in [5.74, 6) is 5.95. The largest absolute Gasteiger partial charge is 0.317 e. The number of anilines is 1. The van der Waals surface area contributed by atoms with Gasteiger partial charge in [-0.15, -0.1) is 0 Å². The van der Waals surface area contributed by atoms with Gasteiger partial charge in [-0.25, -0.2) is 20.8 Å². The van der Waals surface area contributed by atoms with Crippen molar-refractivity contribution in [1.82, 2.24) is 15.3 Å². The Hall–Kier alpha value is -1.53. The maximum absolute atomic E-state index is 12.1. The van der Waals surface area contributed by atoms with Crippen LogP contribution in [0, 0.1) is 5.92 Å². The van der Waals surface area contributed by atoms with Gasteiger partial charge in [0.05, 0.1) is 0 Å². The molecular weight excluding hydrogens is 230 g/mol. The Labute approximate surface area is 107 Å². The summed E-state index contributed by atoms with van der Waals surface area (Å²) in [7, 11) is 0. The van der Waals surface area contributed by atoms with Gasteiger partial charge in [-0.05, 0) is 37.9 Å². The summed E-state index contributed by atoms with van der Waals surface area (Å²) in [5, 5.41) is 4.30. The number of aryl methyl sites for hydroxylation is 1. The Kier molecular flexibility index (Phi) is 4.22. The van der Waals surface area contributed by atoms with E-state index in [1.807, 2.05) is 6.92 Å². The van der Waals surface area contributed by atoms with Crippen LogP contribution in [0.4, 0.5) is 5.95 Å². The summed E-state index contributed by atoms with van der Waals surface area (Å²) in [6, 6.07) is 0. The molecule has 98 valence electrons. The van der Waals surface area contributed by atoms with E-state index in [2.05, 4.69) is 15.3 Å². The lowest BCUT2D eigenvalue weighted by Gasteiger charge is -2.25. The molecule has 1 aromatic heterocycles. The zero-order valence-corrected chi connectivity index (χ0v) is 10.6. The van der Waals surface area contributed by atoms with E-state index in [-0.39, 0.29) is 17.8 Å². The van der Waals surface area contributed by atoms with E-state index < -0.39 is 0 Å². The van der Waals surface area contributed by atoms with Crippen LogP contribution in [0.5, 0.6) is 0 Å². The van der Waals surface area contributed by atoms with Gasteiger partial charge in [0.2, 0.25) is 11.9 Å². The van der Waals surface area contributed by atoms with Gasteiger partial charge in [0, 0.05) is 18.3 Å². The first kappa shape index (κ1) is 12.9. The number of carbonyl (C=O) groups is 1. The lowest BCUT2D eigenvalue weighted by atomic mass is 9.97. The zero-order chi connectivity index (χ0) is 13.0. The van der Waals surface area contributed by atoms with Gasteiger partial charge in [0.25, 0.3) is 0 Å². The average Bonchev–Trinajstić information content (AvgIpc) is 2.47. The van der Waals surface area contributed by atoms with Crippen molar-refractivity contribution in [2.75, 3.05) is 18.1 Å². The molecule has 6 nitrogen and oxygen atoms in total. The summed E-state index contributed by atoms with van der Waals surface area (Å²) in [5.41, 5.74) is 1.03. The number of hydrazine groups is 1. The second-order valence-electron chi connectivity index (χ2n) is 4.48. The predicted molar refractivity (Wildman–Crippen MR) is 68.7 cm³/mol. The van der Waals surface area contributed by atoms with Gasteiger partial charge in [-0.1, -0.05) is 6.92 Å². The smallest absolute Gasteiger partial charge is 0.247 e. The van der Waals surface area contributed by atoms with E-state index >= 15 is 0 Å². The number of nitrogens with two attached hydrogens (primary N) is 1. The standard InChI is InChI=1S/C12H19N5O/c1-2-9-7-15-12(16-8-9)17(13)11(18)10-3-5-14-6-4-10/h7-8,10,14H,2-6,13H2,1H3. The average molecular weight is 249 g/mol. The van der Waals surface area contributed by atoms with Crippen LogP contribution in [-0.4, -0.2) is 29.0 Å². The molecule has 1 amide bonds. The molecule has 3 N–H and O–H groups in total. The van der Waals surface area contributed by atoms with Crippen molar-refractivity contribution in [1.29, 1.82) is 0 Å². The Balaban J connectivity index is 2.04. The van der Waals surface area contributed by atoms with E-state index in [0.717, 1.165) is 42.9 Å². The SMILES string of the molecule is CCc1cnc(N(N)C(=O)C2CCNCC2)nc1. The Morgan fingerprint density at radius 1 is 1.44 bits per heavy atom. The summed E-state index contributed by atoms with van der Waals surface area (Å²) in [6.45, 7) is 3.75. The van der Waals surface area contributed by atoms with Crippen molar-refractivity contribution in [2.45, 2.75) is 26.2 Å². The molecule has 0 aromatic carbocycles. The number of rotatable bonds is 3. The minimum absolute atomic E-state index is 0.0225. The highest BCUT2D eigenvalue weighted by Crippen LogP contribution is 2.16. The summed E-state index contributed by atoms with van der Waals surface area (Å²) < 4.78 is 0. The molecule has 2 rings (SSSR count). The van der Waals surface area contributed by atoms with Crippen molar-refractivity contribution < 1.29 is 4.79 Å². The van der Waals surface area contributed by atoms with Crippen LogP contribution in [0.25, 0.3) is 0 Å². The van der Waals surface area contributed by atoms with Gasteiger partial charge in [-0.3, -0.25) is 4.79 Å². The molecule has 1 saturated heterocycles. The molecule has 6 heteroatoms. The van der Waals surface area contributed by atoms with Gasteiger partial charge >= 0.3 is 0 Å². The van der Waals surface area contributed by atoms with Crippen molar-refractivity contribution in [3.8, 4) is 0 Å². The first-order chi connectivity index (χ1) is 8.72. The van der Waals surface area contributed by atoms with E-state index in [9.17, 15) is 4.79 Å². The second-order valence-corrected chi connectivity index (χ2v) is 4.48. The number of nitrogens with one attached hydrogen (secondary N) is 1. The number of aromatic nitrogens is 2. The topological polar surface area (TPSA) is 84.1 Å². The number of hydrogen-bond acceptors (Lipinski definition) is 5. The summed E-state index contributed by atoms with van der Waals surface area (Å²) in [4.78, 5) is 20.4. The zero-order valence-electron chi connectivity index (χ0n) is 10.6. The fourth-order valence-electron chi connectivity index (χ4n) is 2.02. The Morgan fingerprint density at radius 3 is 2.61 bits per heavy atom. The molecule has 1 fully saturated rings. The third-order valence-electron chi connectivity index (χ3n) is 3.24. The van der Waals surface area contributed by atoms with Gasteiger partial charge in [0.1, 0.15) is 0 Å². The molecule has 2 heterocycles. The van der Waals surface area contributed by atoms with E-state index in [4.69, 9.17) is 5.84 Å². The predicted octanol–water partition coefficient (Wildman–Crippen LogP) is 0.245. The molecule has 1 aliphatic rings. The quantitative estimate of drug-likeness (QED) is 0.455. The van der Waals surface area contributed by atoms with E-state index in [1.165, 1.54) is 0 Å². The molecule has 0 spiro atoms. The normalized spacial score (nSPS) is 16.6. The van der Waals surface area contributed by atoms with Gasteiger partial charge in [-0.2, -0.15) is 0 Å². The minimum atomic E-state index is -0.0965. The number of hydrogen-bond donors (Lipinski definition) is 2. The Morgan fingerprint density at radius 2 is 2.06 bits per heavy atom. The van der Waals surface area contributed by atoms with Crippen LogP contribution in [-0.2, 0) is 11.2 Å². The summed E-state index contributed by atoms with van der Waals surface area (Å²) in [6.07, 6.45) is 5.92. The lowest BCUT2D eigenvalue weighted by Crippen LogP contribution is -2.45. The molecule has 0 bridgehead atoms. The maximum atomic E-state index is 12.1. The molecule has 0 aliphatic carbocycles. The van der Waals surface area contributed by atoms with Crippen molar-refractivity contribution in [3.63, 3.8) is 0 Å². The molecule has 18 heavy (non-hydrogen) atoms. The molecule has 0 atom stereocenters. The third-order valence-corrected chi connectivity index (χ3v) is 3.24. The number of nitrogens with zero attached hydrogens (tertiary/aromatic N) is 3. The van der Waals surface area contributed by atoms with Crippen LogP contribution in [0.2, 0.25) is 0 Å². The fourth-order valence-corrected chi connectivity index (χ4v) is 2.02. The fraction of sp³-hybridized carbons (Fsp3) is 0.583. The van der Waals surface area contributed by atoms with E-state index in [1.54, 1.807) is 12.4 Å². The number of carbonyl (C=O) groups excluding carboxylic acids is 1. The van der Waals surface area contributed by atoms with Crippen LogP contribution >= 0.6 is 0 Å². The first-order valence-corrected chi connectivity index (χ1v) is 6.32. The van der Waals surface area contributed by atoms with E-state index in [0.29, 0.717) is 0 Å².